The first-order chi connectivity index (χ1) is 12.3. The van der Waals surface area contributed by atoms with Crippen LogP contribution in [0.4, 0.5) is 17.1 Å². The van der Waals surface area contributed by atoms with E-state index in [1.54, 1.807) is 19.1 Å². The number of hydrogen-bond acceptors (Lipinski definition) is 4. The monoisotopic (exact) mass is 357 g/mol. The van der Waals surface area contributed by atoms with Gasteiger partial charge in [-0.15, -0.1) is 0 Å². The van der Waals surface area contributed by atoms with Crippen molar-refractivity contribution in [1.82, 2.24) is 0 Å². The fraction of sp³-hybridized carbons (Fsp3) is 0.316. The lowest BCUT2D eigenvalue weighted by molar-refractivity contribution is -0.885. The zero-order valence-electron chi connectivity index (χ0n) is 15.6. The van der Waals surface area contributed by atoms with Crippen LogP contribution in [-0.4, -0.2) is 38.5 Å². The average molecular weight is 357 g/mol. The minimum atomic E-state index is -0.481. The van der Waals surface area contributed by atoms with E-state index in [9.17, 15) is 14.9 Å². The Morgan fingerprint density at radius 3 is 2.42 bits per heavy atom. The van der Waals surface area contributed by atoms with Gasteiger partial charge in [-0.3, -0.25) is 14.9 Å². The summed E-state index contributed by atoms with van der Waals surface area (Å²) in [5.74, 6) is -0.246. The summed E-state index contributed by atoms with van der Waals surface area (Å²) in [6.45, 7) is 2.66. The Morgan fingerprint density at radius 1 is 1.19 bits per heavy atom. The molecule has 0 saturated heterocycles. The third kappa shape index (κ3) is 5.03. The Hall–Kier alpha value is -2.93. The van der Waals surface area contributed by atoms with Gasteiger partial charge < -0.3 is 15.1 Å². The molecule has 7 heteroatoms. The number of benzene rings is 2. The maximum Gasteiger partial charge on any atom is 0.293 e. The van der Waals surface area contributed by atoms with Gasteiger partial charge in [0, 0.05) is 31.4 Å². The van der Waals surface area contributed by atoms with E-state index in [-0.39, 0.29) is 23.8 Å². The number of hydrogen-bond donors (Lipinski definition) is 2. The van der Waals surface area contributed by atoms with Gasteiger partial charge in [0.25, 0.3) is 11.6 Å². The van der Waals surface area contributed by atoms with Crippen molar-refractivity contribution < 1.29 is 14.6 Å². The second kappa shape index (κ2) is 8.44. The average Bonchev–Trinajstić information content (AvgIpc) is 2.56. The Kier molecular flexibility index (Phi) is 6.30. The van der Waals surface area contributed by atoms with Gasteiger partial charge in [-0.2, -0.15) is 0 Å². The number of aryl methyl sites for hydroxylation is 1. The molecule has 138 valence electrons. The van der Waals surface area contributed by atoms with Crippen LogP contribution in [0, 0.1) is 17.0 Å². The van der Waals surface area contributed by atoms with Crippen molar-refractivity contribution in [2.75, 3.05) is 37.9 Å². The topological polar surface area (TPSA) is 79.9 Å². The number of amides is 1. The van der Waals surface area contributed by atoms with Gasteiger partial charge in [0.15, 0.2) is 6.54 Å². The van der Waals surface area contributed by atoms with Crippen LogP contribution in [0.15, 0.2) is 42.5 Å². The van der Waals surface area contributed by atoms with Crippen molar-refractivity contribution in [3.8, 4) is 0 Å². The highest BCUT2D eigenvalue weighted by atomic mass is 16.6. The summed E-state index contributed by atoms with van der Waals surface area (Å²) in [6.07, 6.45) is 0. The van der Waals surface area contributed by atoms with Crippen molar-refractivity contribution in [1.29, 1.82) is 0 Å². The molecule has 1 amide bonds. The molecule has 2 aromatic rings. The van der Waals surface area contributed by atoms with Crippen molar-refractivity contribution in [2.45, 2.75) is 13.5 Å². The lowest BCUT2D eigenvalue weighted by Gasteiger charge is -2.16. The van der Waals surface area contributed by atoms with E-state index in [0.717, 1.165) is 16.2 Å². The van der Waals surface area contributed by atoms with Crippen LogP contribution < -0.4 is 15.1 Å². The number of carbonyl (C=O) groups excluding carboxylic acids is 1. The number of para-hydroxylation sites is 1. The predicted octanol–water partition coefficient (Wildman–Crippen LogP) is 1.62. The Bertz CT molecular complexity index is 788. The number of nitro groups is 1. The lowest BCUT2D eigenvalue weighted by atomic mass is 10.1. The van der Waals surface area contributed by atoms with Gasteiger partial charge >= 0.3 is 0 Å². The molecule has 2 N–H and O–H groups in total. The summed E-state index contributed by atoms with van der Waals surface area (Å²) < 4.78 is 0. The highest BCUT2D eigenvalue weighted by molar-refractivity contribution is 5.94. The number of anilines is 2. The summed E-state index contributed by atoms with van der Waals surface area (Å²) in [6, 6.07) is 12.9. The van der Waals surface area contributed by atoms with Crippen LogP contribution in [0.1, 0.15) is 11.1 Å². The lowest BCUT2D eigenvalue weighted by Crippen LogP contribution is -3.08. The molecule has 0 aliphatic heterocycles. The van der Waals surface area contributed by atoms with Gasteiger partial charge in [-0.05, 0) is 24.6 Å². The van der Waals surface area contributed by atoms with Gasteiger partial charge in [0.2, 0.25) is 0 Å². The molecule has 0 heterocycles. The number of nitrogens with zero attached hydrogens (tertiary/aromatic N) is 2. The zero-order valence-corrected chi connectivity index (χ0v) is 15.6. The molecule has 0 fully saturated rings. The van der Waals surface area contributed by atoms with Crippen LogP contribution in [0.5, 0.6) is 0 Å². The summed E-state index contributed by atoms with van der Waals surface area (Å²) in [5.41, 5.74) is 3.10. The largest absolute Gasteiger partial charge is 0.378 e. The van der Waals surface area contributed by atoms with Crippen LogP contribution in [0.3, 0.4) is 0 Å². The Morgan fingerprint density at radius 2 is 1.85 bits per heavy atom. The van der Waals surface area contributed by atoms with E-state index in [4.69, 9.17) is 0 Å². The molecule has 0 aliphatic carbocycles. The fourth-order valence-corrected chi connectivity index (χ4v) is 2.75. The molecular formula is C19H25N4O3+. The summed E-state index contributed by atoms with van der Waals surface area (Å²) in [4.78, 5) is 26.0. The molecule has 26 heavy (non-hydrogen) atoms. The Balaban J connectivity index is 1.98. The molecule has 1 atom stereocenters. The van der Waals surface area contributed by atoms with Gasteiger partial charge in [-0.1, -0.05) is 24.3 Å². The number of nitrogens with one attached hydrogen (secondary N) is 2. The van der Waals surface area contributed by atoms with E-state index in [0.29, 0.717) is 12.1 Å². The maximum absolute atomic E-state index is 12.3. The minimum absolute atomic E-state index is 0.0877. The number of nitro benzene ring substituents is 1. The maximum atomic E-state index is 12.3. The van der Waals surface area contributed by atoms with E-state index in [1.165, 1.54) is 6.07 Å². The fourth-order valence-electron chi connectivity index (χ4n) is 2.75. The SMILES string of the molecule is Cc1cccc([N+](=O)[O-])c1NC(=O)C[NH+](C)Cc1ccc(N(C)C)cc1. The number of likely N-dealkylation sites (N-methyl/N-ethyl adjacent to an activating group) is 1. The normalized spacial score (nSPS) is 11.7. The van der Waals surface area contributed by atoms with Crippen molar-refractivity contribution in [3.05, 3.63) is 63.7 Å². The highest BCUT2D eigenvalue weighted by Gasteiger charge is 2.19. The second-order valence-corrected chi connectivity index (χ2v) is 6.65. The standard InChI is InChI=1S/C19H24N4O3/c1-14-6-5-7-17(23(25)26)19(14)20-18(24)13-22(4)12-15-8-10-16(11-9-15)21(2)3/h5-11H,12-13H2,1-4H3,(H,20,24)/p+1. The summed E-state index contributed by atoms with van der Waals surface area (Å²) in [7, 11) is 5.90. The number of carbonyl (C=O) groups is 1. The molecule has 0 bridgehead atoms. The predicted molar refractivity (Wildman–Crippen MR) is 103 cm³/mol. The molecule has 0 aromatic heterocycles. The first-order valence-corrected chi connectivity index (χ1v) is 8.39. The van der Waals surface area contributed by atoms with Crippen molar-refractivity contribution in [2.24, 2.45) is 0 Å². The third-order valence-corrected chi connectivity index (χ3v) is 4.13. The molecule has 0 aliphatic rings. The van der Waals surface area contributed by atoms with Crippen LogP contribution in [0.25, 0.3) is 0 Å². The quantitative estimate of drug-likeness (QED) is 0.583. The van der Waals surface area contributed by atoms with E-state index >= 15 is 0 Å². The first kappa shape index (κ1) is 19.4. The molecule has 1 unspecified atom stereocenters. The van der Waals surface area contributed by atoms with Gasteiger partial charge in [0.05, 0.1) is 12.0 Å². The molecule has 2 rings (SSSR count). The van der Waals surface area contributed by atoms with E-state index in [2.05, 4.69) is 5.32 Å². The van der Waals surface area contributed by atoms with Crippen molar-refractivity contribution in [3.63, 3.8) is 0 Å². The smallest absolute Gasteiger partial charge is 0.293 e. The molecule has 2 aromatic carbocycles. The van der Waals surface area contributed by atoms with Crippen molar-refractivity contribution >= 4 is 23.0 Å². The van der Waals surface area contributed by atoms with Crippen LogP contribution in [-0.2, 0) is 11.3 Å². The molecule has 7 nitrogen and oxygen atoms in total. The van der Waals surface area contributed by atoms with Crippen LogP contribution in [0.2, 0.25) is 0 Å². The summed E-state index contributed by atoms with van der Waals surface area (Å²) in [5, 5.41) is 13.8. The molecule has 0 saturated carbocycles. The zero-order chi connectivity index (χ0) is 19.3. The minimum Gasteiger partial charge on any atom is -0.378 e. The van der Waals surface area contributed by atoms with Crippen LogP contribution >= 0.6 is 0 Å². The van der Waals surface area contributed by atoms with Gasteiger partial charge in [0.1, 0.15) is 12.2 Å². The molecule has 0 spiro atoms. The Labute approximate surface area is 153 Å². The van der Waals surface area contributed by atoms with E-state index in [1.807, 2.05) is 50.3 Å². The number of rotatable bonds is 7. The third-order valence-electron chi connectivity index (χ3n) is 4.13. The molecule has 0 radical (unpaired) electrons. The first-order valence-electron chi connectivity index (χ1n) is 8.39. The second-order valence-electron chi connectivity index (χ2n) is 6.65. The number of quaternary nitrogens is 1. The highest BCUT2D eigenvalue weighted by Crippen LogP contribution is 2.27. The summed E-state index contributed by atoms with van der Waals surface area (Å²) >= 11 is 0. The molecular weight excluding hydrogens is 332 g/mol. The van der Waals surface area contributed by atoms with E-state index < -0.39 is 4.92 Å². The van der Waals surface area contributed by atoms with Gasteiger partial charge in [-0.25, -0.2) is 0 Å².